The first kappa shape index (κ1) is 20.7. The zero-order valence-electron chi connectivity index (χ0n) is 18.4. The summed E-state index contributed by atoms with van der Waals surface area (Å²) in [5.74, 6) is 0.978. The average molecular weight is 414 g/mol. The third-order valence-corrected chi connectivity index (χ3v) is 5.41. The van der Waals surface area contributed by atoms with Gasteiger partial charge >= 0.3 is 0 Å². The Balaban J connectivity index is 1.77. The van der Waals surface area contributed by atoms with Gasteiger partial charge in [0.2, 0.25) is 5.91 Å². The van der Waals surface area contributed by atoms with E-state index in [4.69, 9.17) is 9.15 Å². The van der Waals surface area contributed by atoms with Gasteiger partial charge in [-0.05, 0) is 46.9 Å². The number of fused-ring (bicyclic) bond motifs is 2. The van der Waals surface area contributed by atoms with Crippen molar-refractivity contribution in [2.75, 3.05) is 13.7 Å². The fourth-order valence-electron chi connectivity index (χ4n) is 3.74. The Morgan fingerprint density at radius 3 is 2.61 bits per heavy atom. The lowest BCUT2D eigenvalue weighted by Crippen LogP contribution is -2.25. The van der Waals surface area contributed by atoms with Gasteiger partial charge in [0, 0.05) is 35.2 Å². The number of methoxy groups -OCH3 is 1. The van der Waals surface area contributed by atoms with Gasteiger partial charge in [0.1, 0.15) is 11.3 Å². The van der Waals surface area contributed by atoms with Crippen molar-refractivity contribution in [2.45, 2.75) is 20.8 Å². The van der Waals surface area contributed by atoms with Crippen LogP contribution in [0.5, 0.6) is 5.75 Å². The van der Waals surface area contributed by atoms with Crippen LogP contribution in [0.15, 0.2) is 71.4 Å². The molecule has 0 spiro atoms. The van der Waals surface area contributed by atoms with Gasteiger partial charge < -0.3 is 14.5 Å². The van der Waals surface area contributed by atoms with Crippen molar-refractivity contribution >= 4 is 33.2 Å². The number of furan rings is 1. The molecule has 1 N–H and O–H groups in total. The maximum atomic E-state index is 12.3. The second-order valence-corrected chi connectivity index (χ2v) is 8.23. The van der Waals surface area contributed by atoms with Crippen molar-refractivity contribution in [1.29, 1.82) is 0 Å². The molecule has 1 heterocycles. The third-order valence-electron chi connectivity index (χ3n) is 5.41. The van der Waals surface area contributed by atoms with Gasteiger partial charge in [0.25, 0.3) is 0 Å². The lowest BCUT2D eigenvalue weighted by Gasteiger charge is -2.11. The molecule has 0 saturated carbocycles. The topological polar surface area (TPSA) is 51.5 Å². The highest BCUT2D eigenvalue weighted by atomic mass is 16.5. The minimum atomic E-state index is -0.102. The van der Waals surface area contributed by atoms with E-state index < -0.39 is 0 Å². The molecule has 0 fully saturated rings. The fourth-order valence-corrected chi connectivity index (χ4v) is 3.74. The minimum Gasteiger partial charge on any atom is -0.496 e. The molecule has 1 amide bonds. The number of carbonyl (C=O) groups excluding carboxylic acids is 1. The summed E-state index contributed by atoms with van der Waals surface area (Å²) >= 11 is 0. The Morgan fingerprint density at radius 2 is 1.87 bits per heavy atom. The maximum absolute atomic E-state index is 12.3. The normalized spacial score (nSPS) is 12.0. The van der Waals surface area contributed by atoms with E-state index in [9.17, 15) is 4.79 Å². The quantitative estimate of drug-likeness (QED) is 0.370. The van der Waals surface area contributed by atoms with Crippen molar-refractivity contribution in [3.8, 4) is 16.9 Å². The first-order valence-corrected chi connectivity index (χ1v) is 10.5. The Bertz CT molecular complexity index is 1280. The number of benzene rings is 3. The number of carbonyl (C=O) groups is 1. The van der Waals surface area contributed by atoms with Crippen molar-refractivity contribution in [3.63, 3.8) is 0 Å². The van der Waals surface area contributed by atoms with Crippen LogP contribution in [0.25, 0.3) is 38.4 Å². The van der Waals surface area contributed by atoms with Crippen molar-refractivity contribution in [1.82, 2.24) is 5.32 Å². The van der Waals surface area contributed by atoms with E-state index in [1.165, 1.54) is 10.8 Å². The number of rotatable bonds is 6. The highest BCUT2D eigenvalue weighted by molar-refractivity contribution is 6.01. The molecular weight excluding hydrogens is 386 g/mol. The van der Waals surface area contributed by atoms with Gasteiger partial charge in [-0.3, -0.25) is 4.79 Å². The van der Waals surface area contributed by atoms with Crippen LogP contribution in [0, 0.1) is 5.92 Å². The number of hydrogen-bond acceptors (Lipinski definition) is 3. The van der Waals surface area contributed by atoms with Gasteiger partial charge in [-0.15, -0.1) is 0 Å². The molecule has 0 bridgehead atoms. The zero-order valence-corrected chi connectivity index (χ0v) is 18.4. The first-order chi connectivity index (χ1) is 15.0. The Labute approximate surface area is 182 Å². The van der Waals surface area contributed by atoms with E-state index in [0.29, 0.717) is 18.2 Å². The second kappa shape index (κ2) is 8.68. The Hall–Kier alpha value is -3.53. The largest absolute Gasteiger partial charge is 0.496 e. The molecule has 158 valence electrons. The standard InChI is InChI=1S/C27H27NO3/c1-17(2)15-28-27(29)11-18(3)22-13-23-24(16-31-26(23)14-25(22)30-4)21-10-9-19-7-5-6-8-20(19)12-21/h5-14,16-17H,15H2,1-4H3,(H,28,29)/b18-11+. The van der Waals surface area contributed by atoms with Crippen LogP contribution in [0.1, 0.15) is 26.3 Å². The molecule has 3 aromatic carbocycles. The van der Waals surface area contributed by atoms with Crippen molar-refractivity contribution in [2.24, 2.45) is 5.92 Å². The van der Waals surface area contributed by atoms with Gasteiger partial charge in [-0.25, -0.2) is 0 Å². The predicted molar refractivity (Wildman–Crippen MR) is 127 cm³/mol. The van der Waals surface area contributed by atoms with Crippen LogP contribution in [-0.2, 0) is 4.79 Å². The van der Waals surface area contributed by atoms with Gasteiger partial charge in [-0.1, -0.05) is 50.2 Å². The van der Waals surface area contributed by atoms with Crippen LogP contribution in [-0.4, -0.2) is 19.6 Å². The molecule has 0 aliphatic rings. The summed E-state index contributed by atoms with van der Waals surface area (Å²) in [5, 5.41) is 6.30. The first-order valence-electron chi connectivity index (χ1n) is 10.5. The lowest BCUT2D eigenvalue weighted by atomic mass is 9.97. The summed E-state index contributed by atoms with van der Waals surface area (Å²) in [6.07, 6.45) is 3.41. The summed E-state index contributed by atoms with van der Waals surface area (Å²) in [6, 6.07) is 18.6. The molecule has 4 nitrogen and oxygen atoms in total. The number of hydrogen-bond donors (Lipinski definition) is 1. The zero-order chi connectivity index (χ0) is 22.0. The maximum Gasteiger partial charge on any atom is 0.244 e. The Morgan fingerprint density at radius 1 is 1.10 bits per heavy atom. The van der Waals surface area contributed by atoms with E-state index in [1.807, 2.05) is 31.2 Å². The fraction of sp³-hybridized carbons (Fsp3) is 0.222. The number of allylic oxidation sites excluding steroid dienone is 1. The number of ether oxygens (including phenoxy) is 1. The summed E-state index contributed by atoms with van der Waals surface area (Å²) in [5.41, 5.74) is 4.57. The van der Waals surface area contributed by atoms with E-state index in [0.717, 1.165) is 33.2 Å². The molecule has 31 heavy (non-hydrogen) atoms. The Kier molecular flexibility index (Phi) is 5.81. The molecule has 0 radical (unpaired) electrons. The molecule has 4 aromatic rings. The van der Waals surface area contributed by atoms with E-state index in [1.54, 1.807) is 19.4 Å². The average Bonchev–Trinajstić information content (AvgIpc) is 3.19. The minimum absolute atomic E-state index is 0.102. The molecule has 0 saturated heterocycles. The van der Waals surface area contributed by atoms with Crippen LogP contribution >= 0.6 is 0 Å². The van der Waals surface area contributed by atoms with Crippen LogP contribution in [0.2, 0.25) is 0 Å². The SMILES string of the molecule is COc1cc2occ(-c3ccc4ccccc4c3)c2cc1/C(C)=C/C(=O)NCC(C)C. The summed E-state index contributed by atoms with van der Waals surface area (Å²) in [4.78, 5) is 12.3. The predicted octanol–water partition coefficient (Wildman–Crippen LogP) is 6.44. The molecule has 1 aromatic heterocycles. The molecule has 0 aliphatic carbocycles. The van der Waals surface area contributed by atoms with Gasteiger partial charge in [0.15, 0.2) is 0 Å². The molecule has 0 unspecified atom stereocenters. The van der Waals surface area contributed by atoms with Gasteiger partial charge in [-0.2, -0.15) is 0 Å². The molecule has 0 aliphatic heterocycles. The smallest absolute Gasteiger partial charge is 0.244 e. The van der Waals surface area contributed by atoms with Crippen LogP contribution in [0.3, 0.4) is 0 Å². The van der Waals surface area contributed by atoms with Crippen LogP contribution in [0.4, 0.5) is 0 Å². The summed E-state index contributed by atoms with van der Waals surface area (Å²) in [7, 11) is 1.63. The number of amides is 1. The molecule has 4 heteroatoms. The van der Waals surface area contributed by atoms with Crippen molar-refractivity contribution < 1.29 is 13.9 Å². The van der Waals surface area contributed by atoms with Crippen LogP contribution < -0.4 is 10.1 Å². The van der Waals surface area contributed by atoms with Crippen molar-refractivity contribution in [3.05, 3.63) is 72.5 Å². The molecular formula is C27H27NO3. The summed E-state index contributed by atoms with van der Waals surface area (Å²) < 4.78 is 11.5. The highest BCUT2D eigenvalue weighted by Crippen LogP contribution is 2.38. The van der Waals surface area contributed by atoms with Gasteiger partial charge in [0.05, 0.1) is 13.4 Å². The molecule has 0 atom stereocenters. The number of nitrogens with one attached hydrogen (secondary N) is 1. The second-order valence-electron chi connectivity index (χ2n) is 8.23. The third kappa shape index (κ3) is 4.33. The lowest BCUT2D eigenvalue weighted by molar-refractivity contribution is -0.116. The summed E-state index contributed by atoms with van der Waals surface area (Å²) in [6.45, 7) is 6.71. The van der Waals surface area contributed by atoms with E-state index >= 15 is 0 Å². The van der Waals surface area contributed by atoms with E-state index in [2.05, 4.69) is 49.5 Å². The highest BCUT2D eigenvalue weighted by Gasteiger charge is 2.15. The molecule has 4 rings (SSSR count). The monoisotopic (exact) mass is 413 g/mol. The van der Waals surface area contributed by atoms with E-state index in [-0.39, 0.29) is 5.91 Å².